The van der Waals surface area contributed by atoms with Crippen LogP contribution in [-0.2, 0) is 16.0 Å². The Bertz CT molecular complexity index is 346. The topological polar surface area (TPSA) is 38.3 Å². The number of hydrogen-bond donors (Lipinski definition) is 1. The fourth-order valence-electron chi connectivity index (χ4n) is 1.78. The van der Waals surface area contributed by atoms with Crippen molar-refractivity contribution in [3.05, 3.63) is 29.8 Å². The Kier molecular flexibility index (Phi) is 6.92. The molecule has 0 atom stereocenters. The molecule has 3 heteroatoms. The van der Waals surface area contributed by atoms with E-state index in [1.807, 2.05) is 6.92 Å². The molecule has 3 nitrogen and oxygen atoms in total. The van der Waals surface area contributed by atoms with Gasteiger partial charge in [0, 0.05) is 18.7 Å². The summed E-state index contributed by atoms with van der Waals surface area (Å²) in [7, 11) is 0. The van der Waals surface area contributed by atoms with Crippen LogP contribution in [0.15, 0.2) is 24.3 Å². The van der Waals surface area contributed by atoms with E-state index in [-0.39, 0.29) is 5.97 Å². The average molecular weight is 249 g/mol. The highest BCUT2D eigenvalue weighted by molar-refractivity contribution is 5.69. The molecule has 0 aliphatic carbocycles. The third kappa shape index (κ3) is 5.71. The van der Waals surface area contributed by atoms with E-state index in [0.717, 1.165) is 25.1 Å². The summed E-state index contributed by atoms with van der Waals surface area (Å²) < 4.78 is 4.87. The van der Waals surface area contributed by atoms with E-state index in [9.17, 15) is 4.79 Å². The highest BCUT2D eigenvalue weighted by Crippen LogP contribution is 2.11. The summed E-state index contributed by atoms with van der Waals surface area (Å²) in [4.78, 5) is 11.1. The second-order valence-electron chi connectivity index (χ2n) is 4.28. The fourth-order valence-corrected chi connectivity index (χ4v) is 1.78. The lowest BCUT2D eigenvalue weighted by Crippen LogP contribution is -2.08. The minimum atomic E-state index is -0.113. The van der Waals surface area contributed by atoms with Crippen LogP contribution in [0.1, 0.15) is 38.7 Å². The van der Waals surface area contributed by atoms with Gasteiger partial charge in [0.1, 0.15) is 0 Å². The zero-order chi connectivity index (χ0) is 13.2. The summed E-state index contributed by atoms with van der Waals surface area (Å²) in [5.41, 5.74) is 2.48. The largest absolute Gasteiger partial charge is 0.466 e. The molecule has 100 valence electrons. The van der Waals surface area contributed by atoms with Gasteiger partial charge in [0.15, 0.2) is 0 Å². The third-order valence-electron chi connectivity index (χ3n) is 2.68. The number of hydrogen-bond acceptors (Lipinski definition) is 3. The predicted octanol–water partition coefficient (Wildman–Crippen LogP) is 3.39. The van der Waals surface area contributed by atoms with E-state index in [2.05, 4.69) is 36.5 Å². The Hall–Kier alpha value is -1.51. The molecule has 1 aromatic carbocycles. The maximum Gasteiger partial charge on any atom is 0.305 e. The average Bonchev–Trinajstić information content (AvgIpc) is 2.37. The van der Waals surface area contributed by atoms with Gasteiger partial charge in [0.05, 0.1) is 6.61 Å². The van der Waals surface area contributed by atoms with E-state index in [0.29, 0.717) is 13.0 Å². The second-order valence-corrected chi connectivity index (χ2v) is 4.28. The molecule has 1 rings (SSSR count). The lowest BCUT2D eigenvalue weighted by molar-refractivity contribution is -0.143. The van der Waals surface area contributed by atoms with Crippen molar-refractivity contribution in [3.63, 3.8) is 0 Å². The van der Waals surface area contributed by atoms with Gasteiger partial charge < -0.3 is 10.1 Å². The summed E-state index contributed by atoms with van der Waals surface area (Å²) in [5, 5.41) is 3.30. The number of carbonyl (C=O) groups excluding carboxylic acids is 1. The minimum absolute atomic E-state index is 0.113. The van der Waals surface area contributed by atoms with Crippen molar-refractivity contribution in [1.29, 1.82) is 0 Å². The monoisotopic (exact) mass is 249 g/mol. The van der Waals surface area contributed by atoms with Crippen LogP contribution in [0.5, 0.6) is 0 Å². The lowest BCUT2D eigenvalue weighted by atomic mass is 10.1. The number of aryl methyl sites for hydroxylation is 1. The quantitative estimate of drug-likeness (QED) is 0.567. The molecule has 0 saturated heterocycles. The van der Waals surface area contributed by atoms with Gasteiger partial charge in [-0.3, -0.25) is 4.79 Å². The summed E-state index contributed by atoms with van der Waals surface area (Å²) in [6, 6.07) is 8.49. The molecular formula is C15H23NO2. The van der Waals surface area contributed by atoms with Crippen LogP contribution in [0.2, 0.25) is 0 Å². The van der Waals surface area contributed by atoms with Crippen molar-refractivity contribution in [2.45, 2.75) is 39.5 Å². The molecule has 0 saturated carbocycles. The first-order valence-electron chi connectivity index (χ1n) is 6.74. The number of anilines is 1. The molecule has 18 heavy (non-hydrogen) atoms. The van der Waals surface area contributed by atoms with Crippen molar-refractivity contribution >= 4 is 11.7 Å². The summed E-state index contributed by atoms with van der Waals surface area (Å²) in [6.07, 6.45) is 3.58. The van der Waals surface area contributed by atoms with Crippen LogP contribution in [0.25, 0.3) is 0 Å². The second kappa shape index (κ2) is 8.56. The Morgan fingerprint density at radius 1 is 1.22 bits per heavy atom. The summed E-state index contributed by atoms with van der Waals surface area (Å²) in [5.74, 6) is -0.113. The minimum Gasteiger partial charge on any atom is -0.466 e. The Labute approximate surface area is 110 Å². The van der Waals surface area contributed by atoms with E-state index in [4.69, 9.17) is 4.74 Å². The maximum absolute atomic E-state index is 11.1. The van der Waals surface area contributed by atoms with Gasteiger partial charge in [0.25, 0.3) is 0 Å². The summed E-state index contributed by atoms with van der Waals surface area (Å²) >= 11 is 0. The molecule has 0 radical (unpaired) electrons. The SMILES string of the molecule is CCCc1ccc(NCCCC(=O)OCC)cc1. The number of nitrogens with one attached hydrogen (secondary N) is 1. The van der Waals surface area contributed by atoms with E-state index in [1.54, 1.807) is 0 Å². The summed E-state index contributed by atoms with van der Waals surface area (Å²) in [6.45, 7) is 5.27. The maximum atomic E-state index is 11.1. The predicted molar refractivity (Wildman–Crippen MR) is 74.8 cm³/mol. The zero-order valence-electron chi connectivity index (χ0n) is 11.4. The van der Waals surface area contributed by atoms with Crippen LogP contribution in [0.3, 0.4) is 0 Å². The molecule has 0 fully saturated rings. The van der Waals surface area contributed by atoms with Gasteiger partial charge >= 0.3 is 5.97 Å². The third-order valence-corrected chi connectivity index (χ3v) is 2.68. The van der Waals surface area contributed by atoms with Crippen molar-refractivity contribution in [1.82, 2.24) is 0 Å². The van der Waals surface area contributed by atoms with Gasteiger partial charge in [-0.05, 0) is 37.5 Å². The van der Waals surface area contributed by atoms with Crippen molar-refractivity contribution in [2.24, 2.45) is 0 Å². The van der Waals surface area contributed by atoms with Crippen LogP contribution in [-0.4, -0.2) is 19.1 Å². The number of rotatable bonds is 8. The molecular weight excluding hydrogens is 226 g/mol. The first-order valence-corrected chi connectivity index (χ1v) is 6.74. The van der Waals surface area contributed by atoms with Crippen LogP contribution in [0, 0.1) is 0 Å². The smallest absolute Gasteiger partial charge is 0.305 e. The van der Waals surface area contributed by atoms with E-state index < -0.39 is 0 Å². The molecule has 0 aromatic heterocycles. The lowest BCUT2D eigenvalue weighted by Gasteiger charge is -2.07. The van der Waals surface area contributed by atoms with Crippen LogP contribution >= 0.6 is 0 Å². The Morgan fingerprint density at radius 3 is 2.56 bits per heavy atom. The highest BCUT2D eigenvalue weighted by Gasteiger charge is 2.00. The van der Waals surface area contributed by atoms with Crippen molar-refractivity contribution in [2.75, 3.05) is 18.5 Å². The number of esters is 1. The van der Waals surface area contributed by atoms with Gasteiger partial charge in [0.2, 0.25) is 0 Å². The first kappa shape index (κ1) is 14.6. The molecule has 0 spiro atoms. The van der Waals surface area contributed by atoms with Crippen molar-refractivity contribution in [3.8, 4) is 0 Å². The standard InChI is InChI=1S/C15H23NO2/c1-3-6-13-8-10-14(11-9-13)16-12-5-7-15(17)18-4-2/h8-11,16H,3-7,12H2,1-2H3. The molecule has 1 aromatic rings. The highest BCUT2D eigenvalue weighted by atomic mass is 16.5. The van der Waals surface area contributed by atoms with Crippen LogP contribution in [0.4, 0.5) is 5.69 Å². The number of ether oxygens (including phenoxy) is 1. The molecule has 0 aliphatic rings. The molecule has 0 heterocycles. The molecule has 0 aliphatic heterocycles. The van der Waals surface area contributed by atoms with E-state index >= 15 is 0 Å². The normalized spacial score (nSPS) is 10.1. The first-order chi connectivity index (χ1) is 8.76. The van der Waals surface area contributed by atoms with Gasteiger partial charge in [-0.15, -0.1) is 0 Å². The zero-order valence-corrected chi connectivity index (χ0v) is 11.4. The number of carbonyl (C=O) groups is 1. The van der Waals surface area contributed by atoms with Gasteiger partial charge in [-0.2, -0.15) is 0 Å². The van der Waals surface area contributed by atoms with Crippen molar-refractivity contribution < 1.29 is 9.53 Å². The van der Waals surface area contributed by atoms with E-state index in [1.165, 1.54) is 12.0 Å². The molecule has 0 amide bonds. The van der Waals surface area contributed by atoms with Gasteiger partial charge in [-0.25, -0.2) is 0 Å². The van der Waals surface area contributed by atoms with Crippen LogP contribution < -0.4 is 5.32 Å². The molecule has 1 N–H and O–H groups in total. The van der Waals surface area contributed by atoms with Gasteiger partial charge in [-0.1, -0.05) is 25.5 Å². The number of benzene rings is 1. The molecule has 0 unspecified atom stereocenters. The Morgan fingerprint density at radius 2 is 1.94 bits per heavy atom. The Balaban J connectivity index is 2.21. The fraction of sp³-hybridized carbons (Fsp3) is 0.533. The molecule has 0 bridgehead atoms.